The lowest BCUT2D eigenvalue weighted by molar-refractivity contribution is -0.120. The second kappa shape index (κ2) is 9.48. The van der Waals surface area contributed by atoms with Gasteiger partial charge in [0.25, 0.3) is 11.8 Å². The molecule has 0 aliphatic carbocycles. The van der Waals surface area contributed by atoms with E-state index in [9.17, 15) is 18.8 Å². The number of hydrogen-bond acceptors (Lipinski definition) is 5. The second-order valence-electron chi connectivity index (χ2n) is 7.38. The molecule has 2 amide bonds. The van der Waals surface area contributed by atoms with E-state index >= 15 is 0 Å². The van der Waals surface area contributed by atoms with Gasteiger partial charge < -0.3 is 10.1 Å². The molecule has 0 saturated heterocycles. The first-order valence-corrected chi connectivity index (χ1v) is 10.5. The van der Waals surface area contributed by atoms with Gasteiger partial charge in [-0.3, -0.25) is 9.59 Å². The summed E-state index contributed by atoms with van der Waals surface area (Å²) < 4.78 is 18.4. The molecule has 0 radical (unpaired) electrons. The molecule has 6 nitrogen and oxygen atoms in total. The number of ether oxygens (including phenoxy) is 1. The highest BCUT2D eigenvalue weighted by molar-refractivity contribution is 6.46. The molecule has 0 spiro atoms. The molecule has 0 bridgehead atoms. The van der Waals surface area contributed by atoms with Gasteiger partial charge in [-0.05, 0) is 60.5 Å². The van der Waals surface area contributed by atoms with Gasteiger partial charge in [0, 0.05) is 5.69 Å². The van der Waals surface area contributed by atoms with Crippen molar-refractivity contribution in [1.29, 1.82) is 0 Å². The topological polar surface area (TPSA) is 75.7 Å². The number of nitrogens with zero attached hydrogens (tertiary/aromatic N) is 1. The largest absolute Gasteiger partial charge is 0.462 e. The Bertz CT molecular complexity index is 1220. The van der Waals surface area contributed by atoms with E-state index in [1.165, 1.54) is 48.5 Å². The fraction of sp³-hybridized carbons (Fsp3) is 0.115. The van der Waals surface area contributed by atoms with Crippen LogP contribution in [0.25, 0.3) is 5.57 Å². The molecule has 4 rings (SSSR count). The number of nitrogens with one attached hydrogen (secondary N) is 1. The van der Waals surface area contributed by atoms with E-state index in [-0.39, 0.29) is 11.3 Å². The van der Waals surface area contributed by atoms with Gasteiger partial charge in [-0.15, -0.1) is 0 Å². The Kier molecular flexibility index (Phi) is 6.31. The third kappa shape index (κ3) is 4.52. The molecule has 166 valence electrons. The molecule has 3 aromatic carbocycles. The van der Waals surface area contributed by atoms with Crippen molar-refractivity contribution in [2.75, 3.05) is 16.8 Å². The number of amides is 2. The first kappa shape index (κ1) is 22.0. The van der Waals surface area contributed by atoms with Crippen LogP contribution in [0.4, 0.5) is 15.8 Å². The van der Waals surface area contributed by atoms with Gasteiger partial charge in [-0.1, -0.05) is 37.3 Å². The maximum Gasteiger partial charge on any atom is 0.338 e. The zero-order chi connectivity index (χ0) is 23.4. The number of carbonyl (C=O) groups is 3. The number of esters is 1. The molecule has 1 aliphatic heterocycles. The van der Waals surface area contributed by atoms with Crippen molar-refractivity contribution in [3.05, 3.63) is 102 Å². The molecule has 0 fully saturated rings. The van der Waals surface area contributed by atoms with Crippen LogP contribution in [0.5, 0.6) is 0 Å². The minimum atomic E-state index is -0.551. The number of carbonyl (C=O) groups excluding carboxylic acids is 3. The minimum absolute atomic E-state index is 0.0873. The van der Waals surface area contributed by atoms with Crippen LogP contribution in [-0.4, -0.2) is 24.4 Å². The van der Waals surface area contributed by atoms with E-state index in [1.807, 2.05) is 13.0 Å². The van der Waals surface area contributed by atoms with Crippen molar-refractivity contribution >= 4 is 34.7 Å². The van der Waals surface area contributed by atoms with Crippen LogP contribution in [-0.2, 0) is 14.3 Å². The highest BCUT2D eigenvalue weighted by atomic mass is 19.1. The van der Waals surface area contributed by atoms with Crippen molar-refractivity contribution in [1.82, 2.24) is 0 Å². The fourth-order valence-corrected chi connectivity index (χ4v) is 3.46. The predicted octanol–water partition coefficient (Wildman–Crippen LogP) is 4.79. The summed E-state index contributed by atoms with van der Waals surface area (Å²) >= 11 is 0. The summed E-state index contributed by atoms with van der Waals surface area (Å²) in [6, 6.07) is 20.4. The zero-order valence-corrected chi connectivity index (χ0v) is 17.9. The van der Waals surface area contributed by atoms with Crippen LogP contribution in [0, 0.1) is 5.82 Å². The van der Waals surface area contributed by atoms with Crippen molar-refractivity contribution in [2.45, 2.75) is 13.3 Å². The van der Waals surface area contributed by atoms with Gasteiger partial charge in [0.1, 0.15) is 11.5 Å². The summed E-state index contributed by atoms with van der Waals surface area (Å²) in [5.74, 6) is -1.93. The van der Waals surface area contributed by atoms with Crippen LogP contribution in [0.2, 0.25) is 0 Å². The predicted molar refractivity (Wildman–Crippen MR) is 123 cm³/mol. The van der Waals surface area contributed by atoms with Crippen LogP contribution < -0.4 is 10.2 Å². The number of hydrogen-bond donors (Lipinski definition) is 1. The van der Waals surface area contributed by atoms with E-state index in [0.717, 1.165) is 4.90 Å². The summed E-state index contributed by atoms with van der Waals surface area (Å²) in [6.07, 6.45) is 0.707. The first-order valence-electron chi connectivity index (χ1n) is 10.5. The maximum absolute atomic E-state index is 13.4. The van der Waals surface area contributed by atoms with E-state index in [4.69, 9.17) is 4.74 Å². The fourth-order valence-electron chi connectivity index (χ4n) is 3.46. The van der Waals surface area contributed by atoms with E-state index in [2.05, 4.69) is 5.32 Å². The van der Waals surface area contributed by atoms with Crippen LogP contribution in [0.1, 0.15) is 29.3 Å². The Hall–Kier alpha value is -4.26. The molecule has 1 aliphatic rings. The van der Waals surface area contributed by atoms with Gasteiger partial charge in [0.05, 0.1) is 23.4 Å². The molecule has 0 unspecified atom stereocenters. The first-order chi connectivity index (χ1) is 16.0. The van der Waals surface area contributed by atoms with Crippen molar-refractivity contribution in [3.63, 3.8) is 0 Å². The van der Waals surface area contributed by atoms with E-state index in [1.54, 1.807) is 24.3 Å². The lowest BCUT2D eigenvalue weighted by Crippen LogP contribution is -2.32. The number of rotatable bonds is 7. The summed E-state index contributed by atoms with van der Waals surface area (Å²) in [4.78, 5) is 39.9. The average Bonchev–Trinajstić information content (AvgIpc) is 3.08. The van der Waals surface area contributed by atoms with Gasteiger partial charge in [0.15, 0.2) is 0 Å². The molecule has 1 heterocycles. The van der Waals surface area contributed by atoms with Gasteiger partial charge >= 0.3 is 5.97 Å². The quantitative estimate of drug-likeness (QED) is 0.419. The molecule has 1 N–H and O–H groups in total. The third-order valence-corrected chi connectivity index (χ3v) is 5.06. The zero-order valence-electron chi connectivity index (χ0n) is 17.9. The van der Waals surface area contributed by atoms with Crippen molar-refractivity contribution < 1.29 is 23.5 Å². The van der Waals surface area contributed by atoms with Crippen LogP contribution >= 0.6 is 0 Å². The molecule has 7 heteroatoms. The minimum Gasteiger partial charge on any atom is -0.462 e. The third-order valence-electron chi connectivity index (χ3n) is 5.06. The Morgan fingerprint density at radius 3 is 2.21 bits per heavy atom. The molecular weight excluding hydrogens is 423 g/mol. The van der Waals surface area contributed by atoms with Gasteiger partial charge in [0.2, 0.25) is 0 Å². The van der Waals surface area contributed by atoms with Crippen LogP contribution in [0.3, 0.4) is 0 Å². The monoisotopic (exact) mass is 444 g/mol. The molecular formula is C26H21FN2O4. The summed E-state index contributed by atoms with van der Waals surface area (Å²) in [7, 11) is 0. The maximum atomic E-state index is 13.4. The standard InChI is InChI=1S/C26H21FN2O4/c1-2-16-33-26(32)18-8-14-21(15-9-18)29-24(30)22(17-6-4-3-5-7-17)23(25(29)31)28-20-12-10-19(27)11-13-20/h3-15,28H,2,16H2,1H3. The van der Waals surface area contributed by atoms with Crippen LogP contribution in [0.15, 0.2) is 84.6 Å². The van der Waals surface area contributed by atoms with E-state index in [0.29, 0.717) is 35.5 Å². The lowest BCUT2D eigenvalue weighted by atomic mass is 10.0. The summed E-state index contributed by atoms with van der Waals surface area (Å²) in [5, 5.41) is 2.98. The molecule has 0 aromatic heterocycles. The molecule has 0 saturated carbocycles. The summed E-state index contributed by atoms with van der Waals surface area (Å²) in [5.41, 5.74) is 1.98. The Labute approximate surface area is 190 Å². The smallest absolute Gasteiger partial charge is 0.338 e. The van der Waals surface area contributed by atoms with E-state index < -0.39 is 23.6 Å². The van der Waals surface area contributed by atoms with Crippen molar-refractivity contribution in [2.24, 2.45) is 0 Å². The normalized spacial score (nSPS) is 13.5. The lowest BCUT2D eigenvalue weighted by Gasteiger charge is -2.16. The Morgan fingerprint density at radius 2 is 1.58 bits per heavy atom. The highest BCUT2D eigenvalue weighted by Crippen LogP contribution is 2.33. The molecule has 33 heavy (non-hydrogen) atoms. The number of imide groups is 1. The summed E-state index contributed by atoms with van der Waals surface area (Å²) in [6.45, 7) is 2.21. The van der Waals surface area contributed by atoms with Gasteiger partial charge in [-0.25, -0.2) is 14.1 Å². The Morgan fingerprint density at radius 1 is 0.909 bits per heavy atom. The van der Waals surface area contributed by atoms with Crippen molar-refractivity contribution in [3.8, 4) is 0 Å². The number of halogens is 1. The Balaban J connectivity index is 1.68. The molecule has 3 aromatic rings. The SMILES string of the molecule is CCCOC(=O)c1ccc(N2C(=O)C(Nc3ccc(F)cc3)=C(c3ccccc3)C2=O)cc1. The highest BCUT2D eigenvalue weighted by Gasteiger charge is 2.40. The van der Waals surface area contributed by atoms with Gasteiger partial charge in [-0.2, -0.15) is 0 Å². The second-order valence-corrected chi connectivity index (χ2v) is 7.38. The molecule has 0 atom stereocenters. The average molecular weight is 444 g/mol. The number of benzene rings is 3. The number of anilines is 2.